The number of imidazole rings is 1. The first-order chi connectivity index (χ1) is 10.1. The van der Waals surface area contributed by atoms with Crippen LogP contribution < -0.4 is 4.72 Å². The van der Waals surface area contributed by atoms with Crippen molar-refractivity contribution in [2.45, 2.75) is 4.90 Å². The zero-order valence-corrected chi connectivity index (χ0v) is 11.6. The number of H-pyrrole nitrogens is 1. The highest BCUT2D eigenvalue weighted by Gasteiger charge is 2.16. The van der Waals surface area contributed by atoms with E-state index in [0.717, 1.165) is 0 Å². The van der Waals surface area contributed by atoms with Gasteiger partial charge in [0.25, 0.3) is 10.0 Å². The molecule has 2 aromatic carbocycles. The number of nitrogens with zero attached hydrogens (tertiary/aromatic N) is 2. The zero-order valence-electron chi connectivity index (χ0n) is 10.7. The van der Waals surface area contributed by atoms with E-state index in [4.69, 9.17) is 5.26 Å². The smallest absolute Gasteiger partial charge is 0.262 e. The summed E-state index contributed by atoms with van der Waals surface area (Å²) >= 11 is 0. The molecule has 0 aliphatic rings. The molecule has 0 amide bonds. The summed E-state index contributed by atoms with van der Waals surface area (Å²) in [6.07, 6.45) is 1.50. The predicted octanol–water partition coefficient (Wildman–Crippen LogP) is 2.24. The second-order valence-electron chi connectivity index (χ2n) is 4.34. The summed E-state index contributed by atoms with van der Waals surface area (Å²) in [4.78, 5) is 7.01. The molecule has 104 valence electrons. The molecule has 0 aliphatic heterocycles. The molecule has 1 heterocycles. The Labute approximate surface area is 121 Å². The van der Waals surface area contributed by atoms with Gasteiger partial charge in [-0.25, -0.2) is 13.4 Å². The number of nitrogens with one attached hydrogen (secondary N) is 2. The number of benzene rings is 2. The van der Waals surface area contributed by atoms with Gasteiger partial charge in [0, 0.05) is 0 Å². The van der Waals surface area contributed by atoms with Gasteiger partial charge in [-0.1, -0.05) is 12.1 Å². The Morgan fingerprint density at radius 3 is 2.81 bits per heavy atom. The molecule has 0 unspecified atom stereocenters. The normalized spacial score (nSPS) is 11.2. The van der Waals surface area contributed by atoms with E-state index in [9.17, 15) is 8.42 Å². The summed E-state index contributed by atoms with van der Waals surface area (Å²) in [6, 6.07) is 13.0. The highest BCUT2D eigenvalue weighted by Crippen LogP contribution is 2.21. The average molecular weight is 298 g/mol. The van der Waals surface area contributed by atoms with Gasteiger partial charge in [0.15, 0.2) is 0 Å². The first-order valence-electron chi connectivity index (χ1n) is 6.05. The lowest BCUT2D eigenvalue weighted by molar-refractivity contribution is 0.601. The van der Waals surface area contributed by atoms with Crippen molar-refractivity contribution in [2.24, 2.45) is 0 Å². The number of hydrogen-bond acceptors (Lipinski definition) is 4. The van der Waals surface area contributed by atoms with Crippen molar-refractivity contribution >= 4 is 26.7 Å². The summed E-state index contributed by atoms with van der Waals surface area (Å²) in [5.41, 5.74) is 1.84. The molecule has 0 fully saturated rings. The van der Waals surface area contributed by atoms with Crippen LogP contribution in [0.15, 0.2) is 53.7 Å². The second kappa shape index (κ2) is 4.92. The third kappa shape index (κ3) is 2.44. The summed E-state index contributed by atoms with van der Waals surface area (Å²) in [7, 11) is -3.76. The molecule has 6 nitrogen and oxygen atoms in total. The second-order valence-corrected chi connectivity index (χ2v) is 6.03. The van der Waals surface area contributed by atoms with E-state index in [1.807, 2.05) is 6.07 Å². The van der Waals surface area contributed by atoms with E-state index in [-0.39, 0.29) is 16.1 Å². The van der Waals surface area contributed by atoms with Crippen LogP contribution in [0.25, 0.3) is 11.0 Å². The van der Waals surface area contributed by atoms with Crippen LogP contribution in [0.4, 0.5) is 5.69 Å². The quantitative estimate of drug-likeness (QED) is 0.774. The van der Waals surface area contributed by atoms with Gasteiger partial charge >= 0.3 is 0 Å². The van der Waals surface area contributed by atoms with Crippen molar-refractivity contribution in [2.75, 3.05) is 4.72 Å². The van der Waals surface area contributed by atoms with Crippen LogP contribution in [-0.4, -0.2) is 18.4 Å². The number of aromatic amines is 1. The number of aromatic nitrogens is 2. The first kappa shape index (κ1) is 13.1. The van der Waals surface area contributed by atoms with Gasteiger partial charge < -0.3 is 4.98 Å². The van der Waals surface area contributed by atoms with Crippen LogP contribution in [0.5, 0.6) is 0 Å². The van der Waals surface area contributed by atoms with Gasteiger partial charge in [-0.15, -0.1) is 0 Å². The van der Waals surface area contributed by atoms with Gasteiger partial charge in [-0.2, -0.15) is 5.26 Å². The third-order valence-corrected chi connectivity index (χ3v) is 4.36. The maximum Gasteiger partial charge on any atom is 0.262 e. The molecule has 0 aliphatic carbocycles. The van der Waals surface area contributed by atoms with Gasteiger partial charge in [-0.3, -0.25) is 4.72 Å². The molecule has 21 heavy (non-hydrogen) atoms. The van der Waals surface area contributed by atoms with Crippen molar-refractivity contribution in [1.82, 2.24) is 9.97 Å². The maximum atomic E-state index is 12.4. The van der Waals surface area contributed by atoms with Crippen LogP contribution in [0.2, 0.25) is 0 Å². The Kier molecular flexibility index (Phi) is 3.08. The fraction of sp³-hybridized carbons (Fsp3) is 0. The highest BCUT2D eigenvalue weighted by molar-refractivity contribution is 7.92. The predicted molar refractivity (Wildman–Crippen MR) is 78.1 cm³/mol. The number of nitriles is 1. The Morgan fingerprint density at radius 1 is 1.19 bits per heavy atom. The summed E-state index contributed by atoms with van der Waals surface area (Å²) < 4.78 is 27.2. The average Bonchev–Trinajstić information content (AvgIpc) is 2.95. The van der Waals surface area contributed by atoms with Crippen LogP contribution in [0.3, 0.4) is 0 Å². The molecule has 0 radical (unpaired) electrons. The number of para-hydroxylation sites is 1. The van der Waals surface area contributed by atoms with E-state index in [1.165, 1.54) is 18.5 Å². The van der Waals surface area contributed by atoms with Gasteiger partial charge in [0.05, 0.1) is 33.5 Å². The van der Waals surface area contributed by atoms with E-state index in [0.29, 0.717) is 11.0 Å². The SMILES string of the molecule is N#Cc1ccccc1NS(=O)(=O)c1ccc2nc[nH]c2c1. The Hall–Kier alpha value is -2.85. The Bertz CT molecular complexity index is 954. The van der Waals surface area contributed by atoms with E-state index >= 15 is 0 Å². The molecular weight excluding hydrogens is 288 g/mol. The van der Waals surface area contributed by atoms with Gasteiger partial charge in [0.2, 0.25) is 0 Å². The highest BCUT2D eigenvalue weighted by atomic mass is 32.2. The molecule has 3 rings (SSSR count). The largest absolute Gasteiger partial charge is 0.345 e. The number of sulfonamides is 1. The van der Waals surface area contributed by atoms with Gasteiger partial charge in [0.1, 0.15) is 6.07 Å². The fourth-order valence-corrected chi connectivity index (χ4v) is 3.06. The van der Waals surface area contributed by atoms with E-state index in [2.05, 4.69) is 14.7 Å². The fourth-order valence-electron chi connectivity index (χ4n) is 1.96. The van der Waals surface area contributed by atoms with Crippen LogP contribution >= 0.6 is 0 Å². The van der Waals surface area contributed by atoms with Crippen LogP contribution in [0, 0.1) is 11.3 Å². The summed E-state index contributed by atoms with van der Waals surface area (Å²) in [5.74, 6) is 0. The summed E-state index contributed by atoms with van der Waals surface area (Å²) in [6.45, 7) is 0. The Balaban J connectivity index is 2.02. The Morgan fingerprint density at radius 2 is 2.00 bits per heavy atom. The topological polar surface area (TPSA) is 98.6 Å². The van der Waals surface area contributed by atoms with Gasteiger partial charge in [-0.05, 0) is 30.3 Å². The van der Waals surface area contributed by atoms with E-state index < -0.39 is 10.0 Å². The van der Waals surface area contributed by atoms with Crippen molar-refractivity contribution < 1.29 is 8.42 Å². The number of rotatable bonds is 3. The molecule has 0 atom stereocenters. The lowest BCUT2D eigenvalue weighted by Crippen LogP contribution is -2.13. The monoisotopic (exact) mass is 298 g/mol. The molecule has 0 spiro atoms. The maximum absolute atomic E-state index is 12.4. The van der Waals surface area contributed by atoms with Crippen molar-refractivity contribution in [3.05, 3.63) is 54.4 Å². The number of hydrogen-bond donors (Lipinski definition) is 2. The molecule has 0 saturated heterocycles. The molecule has 0 bridgehead atoms. The van der Waals surface area contributed by atoms with Crippen LogP contribution in [0.1, 0.15) is 5.56 Å². The summed E-state index contributed by atoms with van der Waals surface area (Å²) in [5, 5.41) is 9.00. The first-order valence-corrected chi connectivity index (χ1v) is 7.53. The molecule has 3 aromatic rings. The minimum Gasteiger partial charge on any atom is -0.345 e. The van der Waals surface area contributed by atoms with Crippen molar-refractivity contribution in [1.29, 1.82) is 5.26 Å². The third-order valence-electron chi connectivity index (χ3n) is 2.99. The molecule has 0 saturated carbocycles. The lowest BCUT2D eigenvalue weighted by atomic mass is 10.2. The molecule has 1 aromatic heterocycles. The minimum absolute atomic E-state index is 0.104. The number of anilines is 1. The zero-order chi connectivity index (χ0) is 14.9. The minimum atomic E-state index is -3.76. The number of fused-ring (bicyclic) bond motifs is 1. The molecular formula is C14H10N4O2S. The van der Waals surface area contributed by atoms with Crippen molar-refractivity contribution in [3.63, 3.8) is 0 Å². The van der Waals surface area contributed by atoms with E-state index in [1.54, 1.807) is 30.3 Å². The molecule has 7 heteroatoms. The standard InChI is InChI=1S/C14H10N4O2S/c15-8-10-3-1-2-4-12(10)18-21(19,20)11-5-6-13-14(7-11)17-9-16-13/h1-7,9,18H,(H,16,17). The lowest BCUT2D eigenvalue weighted by Gasteiger charge is -2.09. The van der Waals surface area contributed by atoms with Crippen molar-refractivity contribution in [3.8, 4) is 6.07 Å². The van der Waals surface area contributed by atoms with Crippen LogP contribution in [-0.2, 0) is 10.0 Å². The molecule has 2 N–H and O–H groups in total.